The van der Waals surface area contributed by atoms with E-state index in [-0.39, 0.29) is 11.9 Å². The zero-order chi connectivity index (χ0) is 19.2. The second-order valence-corrected chi connectivity index (χ2v) is 7.93. The Morgan fingerprint density at radius 1 is 1.11 bits per heavy atom. The van der Waals surface area contributed by atoms with Gasteiger partial charge in [0.2, 0.25) is 5.91 Å². The lowest BCUT2D eigenvalue weighted by atomic mass is 10.1. The average molecular weight is 380 g/mol. The molecule has 0 saturated carbocycles. The van der Waals surface area contributed by atoms with Crippen molar-refractivity contribution in [3.8, 4) is 6.07 Å². The molecular formula is C22H25N3OS. The van der Waals surface area contributed by atoms with Crippen molar-refractivity contribution in [2.24, 2.45) is 0 Å². The van der Waals surface area contributed by atoms with Crippen molar-refractivity contribution < 1.29 is 4.79 Å². The molecule has 0 unspecified atom stereocenters. The fourth-order valence-electron chi connectivity index (χ4n) is 3.42. The number of amides is 1. The van der Waals surface area contributed by atoms with Gasteiger partial charge in [0.05, 0.1) is 11.8 Å². The Morgan fingerprint density at radius 3 is 2.44 bits per heavy atom. The summed E-state index contributed by atoms with van der Waals surface area (Å²) in [5.74, 6) is 0.636. The maximum atomic E-state index is 12.6. The van der Waals surface area contributed by atoms with Gasteiger partial charge in [-0.1, -0.05) is 48.0 Å². The lowest BCUT2D eigenvalue weighted by Crippen LogP contribution is -2.50. The summed E-state index contributed by atoms with van der Waals surface area (Å²) in [6.07, 6.45) is 0. The molecule has 27 heavy (non-hydrogen) atoms. The first-order chi connectivity index (χ1) is 13.1. The molecule has 0 bridgehead atoms. The van der Waals surface area contributed by atoms with Gasteiger partial charge in [-0.2, -0.15) is 5.26 Å². The molecule has 0 aromatic heterocycles. The van der Waals surface area contributed by atoms with Crippen molar-refractivity contribution in [3.63, 3.8) is 0 Å². The summed E-state index contributed by atoms with van der Waals surface area (Å²) in [6.45, 7) is 6.98. The van der Waals surface area contributed by atoms with Crippen LogP contribution in [0.5, 0.6) is 0 Å². The SMILES string of the molecule is Cc1ccc(SCC(=O)N2CCN([C@H](C#N)c3ccccc3)CC2)c(C)c1. The number of rotatable bonds is 5. The number of aryl methyl sites for hydroxylation is 2. The Morgan fingerprint density at radius 2 is 1.81 bits per heavy atom. The van der Waals surface area contributed by atoms with Crippen LogP contribution in [-0.4, -0.2) is 47.6 Å². The average Bonchev–Trinajstić information content (AvgIpc) is 2.69. The summed E-state index contributed by atoms with van der Waals surface area (Å²) in [5.41, 5.74) is 3.48. The third kappa shape index (κ3) is 4.91. The van der Waals surface area contributed by atoms with Crippen LogP contribution in [0.3, 0.4) is 0 Å². The Balaban J connectivity index is 1.52. The summed E-state index contributed by atoms with van der Waals surface area (Å²) >= 11 is 1.61. The molecule has 2 aromatic carbocycles. The van der Waals surface area contributed by atoms with Gasteiger partial charge in [0.1, 0.15) is 6.04 Å². The molecule has 0 N–H and O–H groups in total. The van der Waals surface area contributed by atoms with Crippen LogP contribution < -0.4 is 0 Å². The lowest BCUT2D eigenvalue weighted by molar-refractivity contribution is -0.130. The maximum absolute atomic E-state index is 12.6. The predicted octanol–water partition coefficient (Wildman–Crippen LogP) is 3.80. The molecular weight excluding hydrogens is 354 g/mol. The quantitative estimate of drug-likeness (QED) is 0.742. The highest BCUT2D eigenvalue weighted by Crippen LogP contribution is 2.25. The number of hydrogen-bond donors (Lipinski definition) is 0. The molecule has 4 nitrogen and oxygen atoms in total. The molecule has 3 rings (SSSR count). The summed E-state index contributed by atoms with van der Waals surface area (Å²) in [6, 6.07) is 18.4. The van der Waals surface area contributed by atoms with Crippen molar-refractivity contribution in [1.82, 2.24) is 9.80 Å². The molecule has 1 saturated heterocycles. The Kier molecular flexibility index (Phi) is 6.54. The minimum Gasteiger partial charge on any atom is -0.339 e. The van der Waals surface area contributed by atoms with E-state index in [0.29, 0.717) is 18.8 Å². The molecule has 1 heterocycles. The fourth-order valence-corrected chi connectivity index (χ4v) is 4.34. The highest BCUT2D eigenvalue weighted by molar-refractivity contribution is 8.00. The van der Waals surface area contributed by atoms with Gasteiger partial charge in [-0.25, -0.2) is 0 Å². The van der Waals surface area contributed by atoms with Crippen LogP contribution in [0.15, 0.2) is 53.4 Å². The van der Waals surface area contributed by atoms with E-state index in [0.717, 1.165) is 18.7 Å². The summed E-state index contributed by atoms with van der Waals surface area (Å²) < 4.78 is 0. The molecule has 1 amide bonds. The third-order valence-corrected chi connectivity index (χ3v) is 6.11. The molecule has 2 aromatic rings. The first-order valence-electron chi connectivity index (χ1n) is 9.25. The molecule has 5 heteroatoms. The van der Waals surface area contributed by atoms with E-state index in [1.807, 2.05) is 35.2 Å². The van der Waals surface area contributed by atoms with Crippen molar-refractivity contribution in [2.75, 3.05) is 31.9 Å². The molecule has 1 aliphatic rings. The fraction of sp³-hybridized carbons (Fsp3) is 0.364. The van der Waals surface area contributed by atoms with Crippen LogP contribution in [0.25, 0.3) is 0 Å². The number of carbonyl (C=O) groups excluding carboxylic acids is 1. The minimum atomic E-state index is -0.243. The molecule has 0 spiro atoms. The normalized spacial score (nSPS) is 16.0. The van der Waals surface area contributed by atoms with Crippen molar-refractivity contribution in [1.29, 1.82) is 5.26 Å². The molecule has 1 fully saturated rings. The Bertz CT molecular complexity index is 823. The van der Waals surface area contributed by atoms with Gasteiger partial charge in [-0.15, -0.1) is 11.8 Å². The van der Waals surface area contributed by atoms with Gasteiger partial charge in [0.15, 0.2) is 0 Å². The number of nitriles is 1. The largest absolute Gasteiger partial charge is 0.339 e. The van der Waals surface area contributed by atoms with Gasteiger partial charge in [-0.05, 0) is 31.0 Å². The predicted molar refractivity (Wildman–Crippen MR) is 110 cm³/mol. The van der Waals surface area contributed by atoms with E-state index in [1.54, 1.807) is 11.8 Å². The van der Waals surface area contributed by atoms with E-state index in [2.05, 4.69) is 43.0 Å². The monoisotopic (exact) mass is 379 g/mol. The van der Waals surface area contributed by atoms with Gasteiger partial charge >= 0.3 is 0 Å². The molecule has 0 aliphatic carbocycles. The van der Waals surface area contributed by atoms with Crippen molar-refractivity contribution in [2.45, 2.75) is 24.8 Å². The number of piperazine rings is 1. The Labute approximate surface area is 165 Å². The van der Waals surface area contributed by atoms with Crippen molar-refractivity contribution in [3.05, 3.63) is 65.2 Å². The van der Waals surface area contributed by atoms with Gasteiger partial charge < -0.3 is 4.90 Å². The first-order valence-corrected chi connectivity index (χ1v) is 10.2. The topological polar surface area (TPSA) is 47.3 Å². The lowest BCUT2D eigenvalue weighted by Gasteiger charge is -2.37. The standard InChI is InChI=1S/C22H25N3OS/c1-17-8-9-21(18(2)14-17)27-16-22(26)25-12-10-24(11-13-25)20(15-23)19-6-4-3-5-7-19/h3-9,14,20H,10-13,16H2,1-2H3/t20-/m1/s1. The third-order valence-electron chi connectivity index (χ3n) is 4.95. The van der Waals surface area contributed by atoms with E-state index in [1.165, 1.54) is 16.0 Å². The Hall–Kier alpha value is -2.29. The summed E-state index contributed by atoms with van der Waals surface area (Å²) in [7, 11) is 0. The first kappa shape index (κ1) is 19.5. The van der Waals surface area contributed by atoms with Crippen LogP contribution >= 0.6 is 11.8 Å². The maximum Gasteiger partial charge on any atom is 0.233 e. The van der Waals surface area contributed by atoms with Crippen LogP contribution in [0.4, 0.5) is 0 Å². The summed E-state index contributed by atoms with van der Waals surface area (Å²) in [4.78, 5) is 17.8. The van der Waals surface area contributed by atoms with Crippen LogP contribution in [0, 0.1) is 25.2 Å². The van der Waals surface area contributed by atoms with E-state index >= 15 is 0 Å². The van der Waals surface area contributed by atoms with Crippen LogP contribution in [-0.2, 0) is 4.79 Å². The van der Waals surface area contributed by atoms with Gasteiger partial charge in [0.25, 0.3) is 0 Å². The van der Waals surface area contributed by atoms with Crippen LogP contribution in [0.2, 0.25) is 0 Å². The molecule has 0 radical (unpaired) electrons. The van der Waals surface area contributed by atoms with Crippen LogP contribution in [0.1, 0.15) is 22.7 Å². The number of thioether (sulfide) groups is 1. The highest BCUT2D eigenvalue weighted by Gasteiger charge is 2.26. The molecule has 140 valence electrons. The smallest absolute Gasteiger partial charge is 0.233 e. The minimum absolute atomic E-state index is 0.174. The van der Waals surface area contributed by atoms with Gasteiger partial charge in [-0.3, -0.25) is 9.69 Å². The van der Waals surface area contributed by atoms with E-state index in [4.69, 9.17) is 0 Å². The number of hydrogen-bond acceptors (Lipinski definition) is 4. The zero-order valence-electron chi connectivity index (χ0n) is 15.9. The summed E-state index contributed by atoms with van der Waals surface area (Å²) in [5, 5.41) is 9.59. The number of nitrogens with zero attached hydrogens (tertiary/aromatic N) is 3. The second kappa shape index (κ2) is 9.07. The van der Waals surface area contributed by atoms with E-state index in [9.17, 15) is 10.1 Å². The van der Waals surface area contributed by atoms with Gasteiger partial charge in [0, 0.05) is 31.1 Å². The number of benzene rings is 2. The second-order valence-electron chi connectivity index (χ2n) is 6.92. The molecule has 1 atom stereocenters. The van der Waals surface area contributed by atoms with Crippen molar-refractivity contribution >= 4 is 17.7 Å². The van der Waals surface area contributed by atoms with E-state index < -0.39 is 0 Å². The zero-order valence-corrected chi connectivity index (χ0v) is 16.7. The number of carbonyl (C=O) groups is 1. The molecule has 1 aliphatic heterocycles. The highest BCUT2D eigenvalue weighted by atomic mass is 32.2.